The second-order valence-corrected chi connectivity index (χ2v) is 7.74. The molecule has 0 amide bonds. The van der Waals surface area contributed by atoms with Gasteiger partial charge in [-0.2, -0.15) is 0 Å². The molecule has 4 rings (SSSR count). The molecule has 1 aliphatic heterocycles. The Morgan fingerprint density at radius 2 is 1.67 bits per heavy atom. The summed E-state index contributed by atoms with van der Waals surface area (Å²) in [7, 11) is 0. The van der Waals surface area contributed by atoms with Gasteiger partial charge in [0.2, 0.25) is 6.29 Å². The Labute approximate surface area is 185 Å². The molecule has 176 valence electrons. The number of aromatic hydroxyl groups is 3. The van der Waals surface area contributed by atoms with Gasteiger partial charge in [-0.25, -0.2) is 0 Å². The summed E-state index contributed by atoms with van der Waals surface area (Å²) in [5, 5.41) is 69.1. The summed E-state index contributed by atoms with van der Waals surface area (Å²) in [6.07, 6.45) is -7.77. The third-order valence-corrected chi connectivity index (χ3v) is 5.46. The van der Waals surface area contributed by atoms with Crippen molar-refractivity contribution in [3.8, 4) is 34.3 Å². The molecule has 0 aliphatic carbocycles. The van der Waals surface area contributed by atoms with Gasteiger partial charge in [0.25, 0.3) is 0 Å². The van der Waals surface area contributed by atoms with E-state index in [0.29, 0.717) is 0 Å². The SMILES string of the molecule is Cc1cc(O)c2c(=O)cc(-c3ccc(O)c(O)c3)oc2c1OC1OC(CO)C(O)C(O)C1O. The van der Waals surface area contributed by atoms with Crippen LogP contribution in [0, 0.1) is 6.92 Å². The lowest BCUT2D eigenvalue weighted by atomic mass is 9.99. The summed E-state index contributed by atoms with van der Waals surface area (Å²) in [5.41, 5.74) is -0.329. The van der Waals surface area contributed by atoms with Crippen molar-refractivity contribution in [2.24, 2.45) is 0 Å². The Balaban J connectivity index is 1.85. The van der Waals surface area contributed by atoms with Crippen LogP contribution in [0.3, 0.4) is 0 Å². The molecule has 0 radical (unpaired) electrons. The van der Waals surface area contributed by atoms with Gasteiger partial charge in [0.15, 0.2) is 28.3 Å². The van der Waals surface area contributed by atoms with E-state index < -0.39 is 54.2 Å². The van der Waals surface area contributed by atoms with Crippen LogP contribution in [0.25, 0.3) is 22.3 Å². The zero-order valence-corrected chi connectivity index (χ0v) is 17.2. The number of benzene rings is 2. The standard InChI is InChI=1S/C22H22O11/c1-8-4-12(26)16-13(27)6-14(9-2-3-10(24)11(25)5-9)31-21(16)20(8)33-22-19(30)18(29)17(28)15(7-23)32-22/h2-6,15,17-19,22-26,28-30H,7H2,1H3. The lowest BCUT2D eigenvalue weighted by molar-refractivity contribution is -0.277. The number of phenolic OH excluding ortho intramolecular Hbond substituents is 3. The molecule has 7 N–H and O–H groups in total. The minimum atomic E-state index is -1.71. The summed E-state index contributed by atoms with van der Waals surface area (Å²) in [6, 6.07) is 6.10. The summed E-state index contributed by atoms with van der Waals surface area (Å²) in [4.78, 5) is 12.8. The number of rotatable bonds is 4. The van der Waals surface area contributed by atoms with E-state index in [9.17, 15) is 40.5 Å². The van der Waals surface area contributed by atoms with Gasteiger partial charge in [0.05, 0.1) is 6.61 Å². The minimum absolute atomic E-state index is 0.0218. The van der Waals surface area contributed by atoms with Gasteiger partial charge in [-0.15, -0.1) is 0 Å². The number of phenols is 3. The van der Waals surface area contributed by atoms with Crippen LogP contribution in [0.1, 0.15) is 5.56 Å². The fourth-order valence-corrected chi connectivity index (χ4v) is 3.66. The van der Waals surface area contributed by atoms with Crippen molar-refractivity contribution in [3.63, 3.8) is 0 Å². The van der Waals surface area contributed by atoms with Crippen LogP contribution >= 0.6 is 0 Å². The molecule has 0 bridgehead atoms. The molecule has 1 fully saturated rings. The summed E-state index contributed by atoms with van der Waals surface area (Å²) < 4.78 is 16.9. The highest BCUT2D eigenvalue weighted by Gasteiger charge is 2.45. The van der Waals surface area contributed by atoms with Crippen LogP contribution in [0.5, 0.6) is 23.0 Å². The van der Waals surface area contributed by atoms with Gasteiger partial charge in [-0.1, -0.05) is 0 Å². The maximum atomic E-state index is 12.8. The molecule has 0 saturated carbocycles. The van der Waals surface area contributed by atoms with Gasteiger partial charge >= 0.3 is 0 Å². The minimum Gasteiger partial charge on any atom is -0.507 e. The van der Waals surface area contributed by atoms with E-state index in [1.807, 2.05) is 0 Å². The highest BCUT2D eigenvalue weighted by atomic mass is 16.7. The van der Waals surface area contributed by atoms with E-state index in [4.69, 9.17) is 13.9 Å². The van der Waals surface area contributed by atoms with Crippen molar-refractivity contribution in [1.82, 2.24) is 0 Å². The van der Waals surface area contributed by atoms with Crippen molar-refractivity contribution in [1.29, 1.82) is 0 Å². The molecule has 2 heterocycles. The molecule has 1 aliphatic rings. The van der Waals surface area contributed by atoms with Crippen LogP contribution in [0.2, 0.25) is 0 Å². The number of ether oxygens (including phenoxy) is 2. The molecule has 1 aromatic heterocycles. The Bertz CT molecular complexity index is 1250. The molecular weight excluding hydrogens is 440 g/mol. The quantitative estimate of drug-likeness (QED) is 0.260. The molecule has 1 saturated heterocycles. The van der Waals surface area contributed by atoms with E-state index in [1.54, 1.807) is 0 Å². The Morgan fingerprint density at radius 1 is 0.939 bits per heavy atom. The van der Waals surface area contributed by atoms with Crippen molar-refractivity contribution >= 4 is 11.0 Å². The lowest BCUT2D eigenvalue weighted by Gasteiger charge is -2.39. The molecule has 0 spiro atoms. The predicted octanol–water partition coefficient (Wildman–Crippen LogP) is 0.0639. The van der Waals surface area contributed by atoms with Crippen LogP contribution in [-0.2, 0) is 4.74 Å². The summed E-state index contributed by atoms with van der Waals surface area (Å²) in [5.74, 6) is -1.33. The first kappa shape index (κ1) is 22.8. The average Bonchev–Trinajstić information content (AvgIpc) is 2.77. The van der Waals surface area contributed by atoms with E-state index >= 15 is 0 Å². The third-order valence-electron chi connectivity index (χ3n) is 5.46. The van der Waals surface area contributed by atoms with Crippen LogP contribution in [-0.4, -0.2) is 73.1 Å². The van der Waals surface area contributed by atoms with Gasteiger partial charge < -0.3 is 49.6 Å². The van der Waals surface area contributed by atoms with Gasteiger partial charge in [0, 0.05) is 11.6 Å². The Kier molecular flexibility index (Phi) is 5.91. The highest BCUT2D eigenvalue weighted by molar-refractivity contribution is 5.90. The second-order valence-electron chi connectivity index (χ2n) is 7.74. The molecule has 33 heavy (non-hydrogen) atoms. The van der Waals surface area contributed by atoms with Crippen LogP contribution < -0.4 is 10.2 Å². The van der Waals surface area contributed by atoms with Crippen LogP contribution in [0.4, 0.5) is 0 Å². The van der Waals surface area contributed by atoms with E-state index in [0.717, 1.165) is 6.07 Å². The molecular formula is C22H22O11. The number of aliphatic hydroxyl groups excluding tert-OH is 4. The molecule has 3 aromatic rings. The fraction of sp³-hybridized carbons (Fsp3) is 0.318. The Morgan fingerprint density at radius 3 is 2.33 bits per heavy atom. The summed E-state index contributed by atoms with van der Waals surface area (Å²) in [6.45, 7) is 0.862. The van der Waals surface area contributed by atoms with E-state index in [-0.39, 0.29) is 39.4 Å². The van der Waals surface area contributed by atoms with E-state index in [1.165, 1.54) is 31.2 Å². The number of hydrogen-bond acceptors (Lipinski definition) is 11. The predicted molar refractivity (Wildman–Crippen MR) is 112 cm³/mol. The maximum Gasteiger partial charge on any atom is 0.229 e. The topological polar surface area (TPSA) is 190 Å². The van der Waals surface area contributed by atoms with Crippen molar-refractivity contribution in [3.05, 3.63) is 46.1 Å². The first-order chi connectivity index (χ1) is 15.6. The monoisotopic (exact) mass is 462 g/mol. The first-order valence-electron chi connectivity index (χ1n) is 9.92. The van der Waals surface area contributed by atoms with Crippen molar-refractivity contribution in [2.75, 3.05) is 6.61 Å². The molecule has 11 nitrogen and oxygen atoms in total. The number of hydrogen-bond donors (Lipinski definition) is 7. The lowest BCUT2D eigenvalue weighted by Crippen LogP contribution is -2.60. The summed E-state index contributed by atoms with van der Waals surface area (Å²) >= 11 is 0. The third kappa shape index (κ3) is 3.96. The van der Waals surface area contributed by atoms with Crippen molar-refractivity contribution < 1.29 is 49.6 Å². The molecule has 5 unspecified atom stereocenters. The smallest absolute Gasteiger partial charge is 0.229 e. The molecule has 11 heteroatoms. The van der Waals surface area contributed by atoms with Crippen molar-refractivity contribution in [2.45, 2.75) is 37.6 Å². The molecule has 2 aromatic carbocycles. The number of aryl methyl sites for hydroxylation is 1. The van der Waals surface area contributed by atoms with Gasteiger partial charge in [-0.3, -0.25) is 4.79 Å². The van der Waals surface area contributed by atoms with Gasteiger partial charge in [-0.05, 0) is 36.8 Å². The zero-order valence-electron chi connectivity index (χ0n) is 17.2. The second kappa shape index (κ2) is 8.54. The average molecular weight is 462 g/mol. The highest BCUT2D eigenvalue weighted by Crippen LogP contribution is 2.39. The number of fused-ring (bicyclic) bond motifs is 1. The normalized spacial score (nSPS) is 25.3. The zero-order chi connectivity index (χ0) is 24.0. The first-order valence-corrected chi connectivity index (χ1v) is 9.92. The van der Waals surface area contributed by atoms with Crippen LogP contribution in [0.15, 0.2) is 39.5 Å². The number of aliphatic hydroxyl groups is 4. The largest absolute Gasteiger partial charge is 0.507 e. The fourth-order valence-electron chi connectivity index (χ4n) is 3.66. The molecule has 5 atom stereocenters. The maximum absolute atomic E-state index is 12.8. The van der Waals surface area contributed by atoms with E-state index in [2.05, 4.69) is 0 Å². The van der Waals surface area contributed by atoms with Gasteiger partial charge in [0.1, 0.15) is 41.3 Å². The Hall–Kier alpha value is -3.35.